The molecule has 0 atom stereocenters. The highest BCUT2D eigenvalue weighted by Gasteiger charge is 2.16. The summed E-state index contributed by atoms with van der Waals surface area (Å²) in [5, 5.41) is 0. The molecular weight excluding hydrogens is 234 g/mol. The van der Waals surface area contributed by atoms with Crippen molar-refractivity contribution >= 4 is 0 Å². The van der Waals surface area contributed by atoms with E-state index in [-0.39, 0.29) is 0 Å². The van der Waals surface area contributed by atoms with Gasteiger partial charge in [0.1, 0.15) is 13.3 Å². The minimum atomic E-state index is -0.536. The van der Waals surface area contributed by atoms with Gasteiger partial charge in [-0.25, -0.2) is 8.78 Å². The van der Waals surface area contributed by atoms with E-state index in [4.69, 9.17) is 5.73 Å². The molecule has 2 N–H and O–H groups in total. The Bertz CT molecular complexity index is 365. The van der Waals surface area contributed by atoms with E-state index >= 15 is 0 Å². The SMILES string of the molecule is NC1CCN(Cc2cc(CF)cc(CF)c2)CC1. The maximum Gasteiger partial charge on any atom is 0.115 e. The van der Waals surface area contributed by atoms with Crippen LogP contribution in [-0.4, -0.2) is 24.0 Å². The molecule has 1 heterocycles. The van der Waals surface area contributed by atoms with Crippen molar-refractivity contribution in [2.24, 2.45) is 5.73 Å². The molecule has 0 aromatic heterocycles. The largest absolute Gasteiger partial charge is 0.328 e. The van der Waals surface area contributed by atoms with Crippen molar-refractivity contribution in [3.8, 4) is 0 Å². The van der Waals surface area contributed by atoms with Gasteiger partial charge in [0.15, 0.2) is 0 Å². The minimum absolute atomic E-state index is 0.305. The van der Waals surface area contributed by atoms with Gasteiger partial charge < -0.3 is 5.73 Å². The van der Waals surface area contributed by atoms with Crippen molar-refractivity contribution in [1.82, 2.24) is 4.90 Å². The van der Waals surface area contributed by atoms with Crippen molar-refractivity contribution in [2.45, 2.75) is 38.8 Å². The predicted octanol–water partition coefficient (Wildman–Crippen LogP) is 2.55. The maximum absolute atomic E-state index is 12.7. The molecule has 0 radical (unpaired) electrons. The number of halogens is 2. The van der Waals surface area contributed by atoms with E-state index < -0.39 is 13.3 Å². The van der Waals surface area contributed by atoms with Crippen LogP contribution >= 0.6 is 0 Å². The van der Waals surface area contributed by atoms with E-state index in [0.29, 0.717) is 17.2 Å². The number of hydrogen-bond acceptors (Lipinski definition) is 2. The summed E-state index contributed by atoms with van der Waals surface area (Å²) in [7, 11) is 0. The van der Waals surface area contributed by atoms with Gasteiger partial charge in [-0.05, 0) is 42.6 Å². The molecule has 1 aliphatic heterocycles. The zero-order chi connectivity index (χ0) is 13.0. The summed E-state index contributed by atoms with van der Waals surface area (Å²) in [5.74, 6) is 0. The van der Waals surface area contributed by atoms with Gasteiger partial charge >= 0.3 is 0 Å². The Labute approximate surface area is 107 Å². The molecule has 100 valence electrons. The second-order valence-corrected chi connectivity index (χ2v) is 5.04. The van der Waals surface area contributed by atoms with Crippen LogP contribution in [0.4, 0.5) is 8.78 Å². The fourth-order valence-corrected chi connectivity index (χ4v) is 2.45. The van der Waals surface area contributed by atoms with Gasteiger partial charge in [0, 0.05) is 12.6 Å². The van der Waals surface area contributed by atoms with E-state index in [0.717, 1.165) is 38.0 Å². The zero-order valence-electron chi connectivity index (χ0n) is 10.5. The molecule has 0 bridgehead atoms. The molecular formula is C14H20F2N2. The van der Waals surface area contributed by atoms with Crippen molar-refractivity contribution in [3.63, 3.8) is 0 Å². The molecule has 1 aliphatic rings. The first kappa shape index (κ1) is 13.4. The highest BCUT2D eigenvalue weighted by molar-refractivity contribution is 5.29. The van der Waals surface area contributed by atoms with Crippen molar-refractivity contribution in [1.29, 1.82) is 0 Å². The van der Waals surface area contributed by atoms with Crippen molar-refractivity contribution in [2.75, 3.05) is 13.1 Å². The second kappa shape index (κ2) is 6.25. The molecule has 1 fully saturated rings. The summed E-state index contributed by atoms with van der Waals surface area (Å²) in [6.07, 6.45) is 2.00. The Morgan fingerprint density at radius 3 is 2.00 bits per heavy atom. The Morgan fingerprint density at radius 2 is 1.50 bits per heavy atom. The smallest absolute Gasteiger partial charge is 0.115 e. The van der Waals surface area contributed by atoms with Crippen LogP contribution in [0.5, 0.6) is 0 Å². The van der Waals surface area contributed by atoms with Crippen LogP contribution in [0.25, 0.3) is 0 Å². The lowest BCUT2D eigenvalue weighted by molar-refractivity contribution is 0.205. The van der Waals surface area contributed by atoms with Gasteiger partial charge in [-0.15, -0.1) is 0 Å². The Balaban J connectivity index is 2.03. The van der Waals surface area contributed by atoms with Crippen LogP contribution in [0, 0.1) is 0 Å². The van der Waals surface area contributed by atoms with E-state index in [1.807, 2.05) is 12.1 Å². The Morgan fingerprint density at radius 1 is 1.00 bits per heavy atom. The lowest BCUT2D eigenvalue weighted by Crippen LogP contribution is -2.39. The third-order valence-corrected chi connectivity index (χ3v) is 3.46. The maximum atomic E-state index is 12.7. The monoisotopic (exact) mass is 254 g/mol. The summed E-state index contributed by atoms with van der Waals surface area (Å²) in [5.41, 5.74) is 7.98. The number of nitrogens with two attached hydrogens (primary N) is 1. The topological polar surface area (TPSA) is 29.3 Å². The molecule has 0 unspecified atom stereocenters. The summed E-state index contributed by atoms with van der Waals surface area (Å²) in [6, 6.07) is 5.55. The van der Waals surface area contributed by atoms with Gasteiger partial charge in [-0.2, -0.15) is 0 Å². The van der Waals surface area contributed by atoms with Gasteiger partial charge in [0.05, 0.1) is 0 Å². The first-order valence-electron chi connectivity index (χ1n) is 6.43. The van der Waals surface area contributed by atoms with E-state index in [1.54, 1.807) is 6.07 Å². The summed E-state index contributed by atoms with van der Waals surface area (Å²) in [4.78, 5) is 2.29. The number of piperidine rings is 1. The third-order valence-electron chi connectivity index (χ3n) is 3.46. The normalized spacial score (nSPS) is 18.2. The van der Waals surface area contributed by atoms with Crippen molar-refractivity contribution < 1.29 is 8.78 Å². The lowest BCUT2D eigenvalue weighted by atomic mass is 10.0. The molecule has 0 spiro atoms. The molecule has 1 aromatic carbocycles. The fourth-order valence-electron chi connectivity index (χ4n) is 2.45. The van der Waals surface area contributed by atoms with Gasteiger partial charge in [0.2, 0.25) is 0 Å². The average molecular weight is 254 g/mol. The molecule has 18 heavy (non-hydrogen) atoms. The molecule has 4 heteroatoms. The summed E-state index contributed by atoms with van der Waals surface area (Å²) >= 11 is 0. The molecule has 0 amide bonds. The quantitative estimate of drug-likeness (QED) is 0.894. The van der Waals surface area contributed by atoms with Gasteiger partial charge in [-0.3, -0.25) is 4.90 Å². The summed E-state index contributed by atoms with van der Waals surface area (Å²) < 4.78 is 25.4. The second-order valence-electron chi connectivity index (χ2n) is 5.04. The first-order chi connectivity index (χ1) is 8.71. The molecule has 1 saturated heterocycles. The van der Waals surface area contributed by atoms with E-state index in [9.17, 15) is 8.78 Å². The number of rotatable bonds is 4. The van der Waals surface area contributed by atoms with E-state index in [2.05, 4.69) is 4.90 Å². The van der Waals surface area contributed by atoms with Crippen LogP contribution < -0.4 is 5.73 Å². The van der Waals surface area contributed by atoms with Crippen LogP contribution in [0.1, 0.15) is 29.5 Å². The third kappa shape index (κ3) is 3.50. The standard InChI is InChI=1S/C14H20F2N2/c15-8-11-5-12(9-16)7-13(6-11)10-18-3-1-14(17)2-4-18/h5-7,14H,1-4,8-10,17H2. The van der Waals surface area contributed by atoms with Crippen LogP contribution in [0.15, 0.2) is 18.2 Å². The van der Waals surface area contributed by atoms with Crippen LogP contribution in [-0.2, 0) is 19.9 Å². The van der Waals surface area contributed by atoms with Crippen LogP contribution in [0.2, 0.25) is 0 Å². The molecule has 1 aromatic rings. The first-order valence-corrected chi connectivity index (χ1v) is 6.43. The molecule has 0 aliphatic carbocycles. The van der Waals surface area contributed by atoms with Crippen molar-refractivity contribution in [3.05, 3.63) is 34.9 Å². The predicted molar refractivity (Wildman–Crippen MR) is 68.6 cm³/mol. The number of likely N-dealkylation sites (tertiary alicyclic amines) is 1. The Hall–Kier alpha value is -1.00. The molecule has 2 rings (SSSR count). The fraction of sp³-hybridized carbons (Fsp3) is 0.571. The van der Waals surface area contributed by atoms with E-state index in [1.165, 1.54) is 0 Å². The Kier molecular flexibility index (Phi) is 4.66. The number of benzene rings is 1. The minimum Gasteiger partial charge on any atom is -0.328 e. The van der Waals surface area contributed by atoms with Gasteiger partial charge in [0.25, 0.3) is 0 Å². The molecule has 0 saturated carbocycles. The van der Waals surface area contributed by atoms with Gasteiger partial charge in [-0.1, -0.05) is 18.2 Å². The van der Waals surface area contributed by atoms with Crippen LogP contribution in [0.3, 0.4) is 0 Å². The number of nitrogens with zero attached hydrogens (tertiary/aromatic N) is 1. The summed E-state index contributed by atoms with van der Waals surface area (Å²) in [6.45, 7) is 1.61. The zero-order valence-corrected chi connectivity index (χ0v) is 10.5. The number of hydrogen-bond donors (Lipinski definition) is 1. The number of alkyl halides is 2. The lowest BCUT2D eigenvalue weighted by Gasteiger charge is -2.30. The highest BCUT2D eigenvalue weighted by atomic mass is 19.1. The average Bonchev–Trinajstić information content (AvgIpc) is 2.41. The molecule has 2 nitrogen and oxygen atoms in total. The highest BCUT2D eigenvalue weighted by Crippen LogP contribution is 2.17.